The number of ether oxygens (including phenoxy) is 1. The number of nitrogens with one attached hydrogen (secondary N) is 1. The topological polar surface area (TPSA) is 24.5 Å². The molecule has 1 fully saturated rings. The van der Waals surface area contributed by atoms with Gasteiger partial charge in [0.1, 0.15) is 0 Å². The molecule has 1 N–H and O–H groups in total. The lowest BCUT2D eigenvalue weighted by atomic mass is 10.1. The van der Waals surface area contributed by atoms with E-state index in [1.165, 1.54) is 6.42 Å². The van der Waals surface area contributed by atoms with Crippen LogP contribution in [0.3, 0.4) is 0 Å². The van der Waals surface area contributed by atoms with Crippen LogP contribution >= 0.6 is 0 Å². The fourth-order valence-corrected chi connectivity index (χ4v) is 2.22. The van der Waals surface area contributed by atoms with E-state index in [1.54, 1.807) is 0 Å². The van der Waals surface area contributed by atoms with Crippen LogP contribution in [-0.4, -0.2) is 49.3 Å². The molecule has 0 saturated carbocycles. The van der Waals surface area contributed by atoms with Gasteiger partial charge in [0.15, 0.2) is 0 Å². The summed E-state index contributed by atoms with van der Waals surface area (Å²) in [6, 6.07) is 1.25. The van der Waals surface area contributed by atoms with Crippen molar-refractivity contribution in [3.8, 4) is 0 Å². The maximum Gasteiger partial charge on any atom is 0.0700 e. The SMILES string of the molecule is CCC1CN(C(CC)CNC(C)C)CCO1. The van der Waals surface area contributed by atoms with E-state index in [4.69, 9.17) is 4.74 Å². The molecule has 1 aliphatic rings. The van der Waals surface area contributed by atoms with E-state index in [2.05, 4.69) is 37.9 Å². The van der Waals surface area contributed by atoms with Gasteiger partial charge >= 0.3 is 0 Å². The van der Waals surface area contributed by atoms with Crippen molar-refractivity contribution in [3.05, 3.63) is 0 Å². The molecule has 0 aromatic rings. The Morgan fingerprint density at radius 3 is 2.69 bits per heavy atom. The largest absolute Gasteiger partial charge is 0.376 e. The van der Waals surface area contributed by atoms with Crippen LogP contribution in [0.5, 0.6) is 0 Å². The summed E-state index contributed by atoms with van der Waals surface area (Å²) < 4.78 is 5.72. The minimum Gasteiger partial charge on any atom is -0.376 e. The smallest absolute Gasteiger partial charge is 0.0700 e. The summed E-state index contributed by atoms with van der Waals surface area (Å²) in [6.45, 7) is 13.1. The molecule has 96 valence electrons. The Bertz CT molecular complexity index is 185. The molecule has 0 amide bonds. The van der Waals surface area contributed by atoms with Gasteiger partial charge in [-0.25, -0.2) is 0 Å². The summed E-state index contributed by atoms with van der Waals surface area (Å²) >= 11 is 0. The zero-order valence-corrected chi connectivity index (χ0v) is 11.3. The van der Waals surface area contributed by atoms with E-state index in [0.29, 0.717) is 18.2 Å². The minimum atomic E-state index is 0.446. The average molecular weight is 228 g/mol. The standard InChI is InChI=1S/C13H28N2O/c1-5-12(9-14-11(3)4)15-7-8-16-13(6-2)10-15/h11-14H,5-10H2,1-4H3. The zero-order valence-electron chi connectivity index (χ0n) is 11.3. The summed E-state index contributed by atoms with van der Waals surface area (Å²) in [7, 11) is 0. The third kappa shape index (κ3) is 4.40. The van der Waals surface area contributed by atoms with Crippen LogP contribution in [0.1, 0.15) is 40.5 Å². The molecule has 1 heterocycles. The normalized spacial score (nSPS) is 24.9. The van der Waals surface area contributed by atoms with Gasteiger partial charge in [0.05, 0.1) is 12.7 Å². The van der Waals surface area contributed by atoms with Gasteiger partial charge in [-0.15, -0.1) is 0 Å². The lowest BCUT2D eigenvalue weighted by Gasteiger charge is -2.38. The highest BCUT2D eigenvalue weighted by Gasteiger charge is 2.24. The van der Waals surface area contributed by atoms with Crippen molar-refractivity contribution in [1.29, 1.82) is 0 Å². The van der Waals surface area contributed by atoms with Gasteiger partial charge in [-0.1, -0.05) is 27.7 Å². The average Bonchev–Trinajstić information content (AvgIpc) is 2.30. The third-order valence-corrected chi connectivity index (χ3v) is 3.37. The first-order valence-corrected chi connectivity index (χ1v) is 6.76. The Hall–Kier alpha value is -0.120. The van der Waals surface area contributed by atoms with Gasteiger partial charge in [-0.05, 0) is 12.8 Å². The molecule has 1 rings (SSSR count). The van der Waals surface area contributed by atoms with E-state index in [0.717, 1.165) is 32.7 Å². The van der Waals surface area contributed by atoms with Crippen LogP contribution in [0.15, 0.2) is 0 Å². The summed E-state index contributed by atoms with van der Waals surface area (Å²) in [5.74, 6) is 0. The minimum absolute atomic E-state index is 0.446. The molecule has 3 heteroatoms. The Morgan fingerprint density at radius 1 is 1.38 bits per heavy atom. The molecular weight excluding hydrogens is 200 g/mol. The highest BCUT2D eigenvalue weighted by molar-refractivity contribution is 4.79. The molecule has 0 spiro atoms. The van der Waals surface area contributed by atoms with Gasteiger partial charge in [0, 0.05) is 31.7 Å². The number of rotatable bonds is 6. The summed E-state index contributed by atoms with van der Waals surface area (Å²) in [5.41, 5.74) is 0. The van der Waals surface area contributed by atoms with Crippen LogP contribution in [0.2, 0.25) is 0 Å². The first-order chi connectivity index (χ1) is 7.67. The van der Waals surface area contributed by atoms with Crippen LogP contribution < -0.4 is 5.32 Å². The predicted octanol–water partition coefficient (Wildman–Crippen LogP) is 1.87. The molecule has 2 unspecified atom stereocenters. The maximum atomic E-state index is 5.72. The number of hydrogen-bond donors (Lipinski definition) is 1. The second-order valence-corrected chi connectivity index (χ2v) is 5.02. The van der Waals surface area contributed by atoms with Crippen molar-refractivity contribution < 1.29 is 4.74 Å². The lowest BCUT2D eigenvalue weighted by molar-refractivity contribution is -0.0447. The van der Waals surface area contributed by atoms with Crippen molar-refractivity contribution in [1.82, 2.24) is 10.2 Å². The van der Waals surface area contributed by atoms with Crippen molar-refractivity contribution in [3.63, 3.8) is 0 Å². The van der Waals surface area contributed by atoms with Crippen molar-refractivity contribution in [2.45, 2.75) is 58.7 Å². The Morgan fingerprint density at radius 2 is 2.12 bits per heavy atom. The van der Waals surface area contributed by atoms with Crippen LogP contribution in [0, 0.1) is 0 Å². The predicted molar refractivity (Wildman–Crippen MR) is 68.8 cm³/mol. The van der Waals surface area contributed by atoms with Crippen molar-refractivity contribution >= 4 is 0 Å². The van der Waals surface area contributed by atoms with Crippen LogP contribution in [0.4, 0.5) is 0 Å². The van der Waals surface area contributed by atoms with E-state index in [-0.39, 0.29) is 0 Å². The number of nitrogens with zero attached hydrogens (tertiary/aromatic N) is 1. The van der Waals surface area contributed by atoms with Gasteiger partial charge in [-0.2, -0.15) is 0 Å². The first kappa shape index (κ1) is 13.9. The van der Waals surface area contributed by atoms with Crippen molar-refractivity contribution in [2.75, 3.05) is 26.2 Å². The molecule has 0 aromatic heterocycles. The molecule has 1 saturated heterocycles. The van der Waals surface area contributed by atoms with Gasteiger partial charge in [0.2, 0.25) is 0 Å². The Balaban J connectivity index is 2.38. The molecule has 1 aliphatic heterocycles. The quantitative estimate of drug-likeness (QED) is 0.751. The summed E-state index contributed by atoms with van der Waals surface area (Å²) in [6.07, 6.45) is 2.79. The molecule has 0 bridgehead atoms. The molecule has 3 nitrogen and oxygen atoms in total. The summed E-state index contributed by atoms with van der Waals surface area (Å²) in [4.78, 5) is 2.59. The second-order valence-electron chi connectivity index (χ2n) is 5.02. The van der Waals surface area contributed by atoms with E-state index in [9.17, 15) is 0 Å². The van der Waals surface area contributed by atoms with E-state index < -0.39 is 0 Å². The zero-order chi connectivity index (χ0) is 12.0. The Labute approximate surface area is 101 Å². The van der Waals surface area contributed by atoms with E-state index >= 15 is 0 Å². The molecule has 2 atom stereocenters. The number of morpholine rings is 1. The molecule has 0 aliphatic carbocycles. The van der Waals surface area contributed by atoms with Gasteiger partial charge in [0.25, 0.3) is 0 Å². The number of hydrogen-bond acceptors (Lipinski definition) is 3. The third-order valence-electron chi connectivity index (χ3n) is 3.37. The molecule has 0 aromatic carbocycles. The van der Waals surface area contributed by atoms with Crippen molar-refractivity contribution in [2.24, 2.45) is 0 Å². The lowest BCUT2D eigenvalue weighted by Crippen LogP contribution is -2.51. The van der Waals surface area contributed by atoms with Crippen LogP contribution in [0.25, 0.3) is 0 Å². The highest BCUT2D eigenvalue weighted by atomic mass is 16.5. The maximum absolute atomic E-state index is 5.72. The molecule has 0 radical (unpaired) electrons. The Kier molecular flexibility index (Phi) is 6.32. The van der Waals surface area contributed by atoms with Gasteiger partial charge < -0.3 is 10.1 Å². The highest BCUT2D eigenvalue weighted by Crippen LogP contribution is 2.13. The fraction of sp³-hybridized carbons (Fsp3) is 1.00. The molecule has 16 heavy (non-hydrogen) atoms. The molecular formula is C13H28N2O. The monoisotopic (exact) mass is 228 g/mol. The fourth-order valence-electron chi connectivity index (χ4n) is 2.22. The van der Waals surface area contributed by atoms with Crippen LogP contribution in [-0.2, 0) is 4.74 Å². The second kappa shape index (κ2) is 7.25. The summed E-state index contributed by atoms with van der Waals surface area (Å²) in [5, 5.41) is 3.54. The first-order valence-electron chi connectivity index (χ1n) is 6.76. The van der Waals surface area contributed by atoms with Gasteiger partial charge in [-0.3, -0.25) is 4.90 Å². The van der Waals surface area contributed by atoms with E-state index in [1.807, 2.05) is 0 Å².